The highest BCUT2D eigenvalue weighted by molar-refractivity contribution is 6.67. The normalized spacial score (nSPS) is 30.9. The molecule has 5 atom stereocenters. The van der Waals surface area contributed by atoms with Crippen LogP contribution >= 0.6 is 69.6 Å². The van der Waals surface area contributed by atoms with Gasteiger partial charge in [-0.1, -0.05) is 58.5 Å². The first-order valence-electron chi connectivity index (χ1n) is 13.3. The SMILES string of the molecule is CCOc1ccccc1N1C[C@H](C(=O)Oc2ccc(N3C(=O)[C@H]4[C@H](C3=O)[C@@]3(Cl)C(Cl)=C(Cl)[C@@]4(Cl)C3(Cl)Cl)c(C)c2)CC1=O. The maximum atomic E-state index is 13.7. The van der Waals surface area contributed by atoms with Crippen LogP contribution in [0.4, 0.5) is 11.4 Å². The van der Waals surface area contributed by atoms with E-state index in [1.165, 1.54) is 23.1 Å². The van der Waals surface area contributed by atoms with E-state index in [2.05, 4.69) is 0 Å². The molecule has 0 aromatic heterocycles. The van der Waals surface area contributed by atoms with Gasteiger partial charge < -0.3 is 14.4 Å². The van der Waals surface area contributed by atoms with Crippen LogP contribution in [-0.2, 0) is 19.2 Å². The van der Waals surface area contributed by atoms with Gasteiger partial charge in [0.2, 0.25) is 17.7 Å². The summed E-state index contributed by atoms with van der Waals surface area (Å²) in [5, 5.41) is -0.353. The highest BCUT2D eigenvalue weighted by Gasteiger charge is 2.87. The number of alkyl halides is 4. The molecule has 2 saturated heterocycles. The van der Waals surface area contributed by atoms with Crippen LogP contribution in [0.25, 0.3) is 0 Å². The highest BCUT2D eigenvalue weighted by atomic mass is 35.5. The largest absolute Gasteiger partial charge is 0.492 e. The molecule has 2 bridgehead atoms. The fourth-order valence-corrected chi connectivity index (χ4v) is 9.36. The summed E-state index contributed by atoms with van der Waals surface area (Å²) in [6.45, 7) is 4.03. The van der Waals surface area contributed by atoms with E-state index in [1.54, 1.807) is 31.2 Å². The Morgan fingerprint density at radius 1 is 0.930 bits per heavy atom. The lowest BCUT2D eigenvalue weighted by Crippen LogP contribution is -2.50. The molecule has 14 heteroatoms. The number of halogens is 6. The monoisotopic (exact) mass is 704 g/mol. The number of para-hydroxylation sites is 2. The van der Waals surface area contributed by atoms with Gasteiger partial charge in [0, 0.05) is 13.0 Å². The molecule has 226 valence electrons. The van der Waals surface area contributed by atoms with Gasteiger partial charge in [-0.3, -0.25) is 19.2 Å². The summed E-state index contributed by atoms with van der Waals surface area (Å²) in [5.41, 5.74) is 1.24. The van der Waals surface area contributed by atoms with Crippen LogP contribution in [0.2, 0.25) is 0 Å². The average Bonchev–Trinajstić information content (AvgIpc) is 3.54. The first-order chi connectivity index (χ1) is 20.2. The first-order valence-corrected chi connectivity index (χ1v) is 15.5. The summed E-state index contributed by atoms with van der Waals surface area (Å²) in [5.74, 6) is -4.74. The molecule has 2 aliphatic heterocycles. The van der Waals surface area contributed by atoms with Crippen molar-refractivity contribution in [3.63, 3.8) is 0 Å². The molecule has 0 spiro atoms. The lowest BCUT2D eigenvalue weighted by atomic mass is 9.84. The molecule has 43 heavy (non-hydrogen) atoms. The van der Waals surface area contributed by atoms with Gasteiger partial charge in [-0.05, 0) is 49.7 Å². The molecule has 3 amide bonds. The molecule has 2 aliphatic carbocycles. The molecule has 2 heterocycles. The van der Waals surface area contributed by atoms with Crippen molar-refractivity contribution in [2.75, 3.05) is 23.0 Å². The third kappa shape index (κ3) is 4.03. The highest BCUT2D eigenvalue weighted by Crippen LogP contribution is 2.77. The summed E-state index contributed by atoms with van der Waals surface area (Å²) in [7, 11) is 0. The zero-order chi connectivity index (χ0) is 31.2. The number of benzene rings is 2. The van der Waals surface area contributed by atoms with E-state index in [0.717, 1.165) is 4.90 Å². The average molecular weight is 707 g/mol. The molecule has 2 aromatic carbocycles. The van der Waals surface area contributed by atoms with E-state index < -0.39 is 49.6 Å². The maximum absolute atomic E-state index is 13.7. The molecular formula is C29H22Cl6N2O6. The predicted molar refractivity (Wildman–Crippen MR) is 165 cm³/mol. The van der Waals surface area contributed by atoms with Crippen LogP contribution in [0, 0.1) is 24.7 Å². The van der Waals surface area contributed by atoms with E-state index in [1.807, 2.05) is 6.92 Å². The zero-order valence-electron chi connectivity index (χ0n) is 22.5. The number of nitrogens with zero attached hydrogens (tertiary/aromatic N) is 2. The molecule has 0 unspecified atom stereocenters. The van der Waals surface area contributed by atoms with Crippen LogP contribution in [0.15, 0.2) is 52.5 Å². The third-order valence-electron chi connectivity index (χ3n) is 8.45. The molecule has 3 fully saturated rings. The van der Waals surface area contributed by atoms with Gasteiger partial charge in [0.15, 0.2) is 4.33 Å². The molecule has 0 N–H and O–H groups in total. The molecule has 6 rings (SSSR count). The number of carbonyl (C=O) groups is 4. The fraction of sp³-hybridized carbons (Fsp3) is 0.379. The fourth-order valence-electron chi connectivity index (χ4n) is 6.43. The van der Waals surface area contributed by atoms with Crippen molar-refractivity contribution in [1.82, 2.24) is 0 Å². The number of amides is 3. The Hall–Kier alpha value is -2.20. The number of carbonyl (C=O) groups excluding carboxylic acids is 4. The Balaban J connectivity index is 1.21. The molecule has 1 saturated carbocycles. The Bertz CT molecular complexity index is 1600. The first kappa shape index (κ1) is 30.8. The Morgan fingerprint density at radius 3 is 2.12 bits per heavy atom. The van der Waals surface area contributed by atoms with Gasteiger partial charge in [0.05, 0.1) is 45.8 Å². The van der Waals surface area contributed by atoms with E-state index in [-0.39, 0.29) is 40.4 Å². The van der Waals surface area contributed by atoms with Crippen molar-refractivity contribution in [2.45, 2.75) is 34.3 Å². The quantitative estimate of drug-likeness (QED) is 0.152. The van der Waals surface area contributed by atoms with Gasteiger partial charge in [0.1, 0.15) is 21.2 Å². The number of imide groups is 1. The maximum Gasteiger partial charge on any atom is 0.316 e. The number of hydrogen-bond donors (Lipinski definition) is 0. The summed E-state index contributed by atoms with van der Waals surface area (Å²) < 4.78 is 9.22. The number of fused-ring (bicyclic) bond motifs is 5. The lowest BCUT2D eigenvalue weighted by molar-refractivity contribution is -0.139. The van der Waals surface area contributed by atoms with E-state index >= 15 is 0 Å². The second-order valence-electron chi connectivity index (χ2n) is 10.8. The van der Waals surface area contributed by atoms with Gasteiger partial charge in [-0.15, -0.1) is 23.2 Å². The van der Waals surface area contributed by atoms with Crippen LogP contribution in [0.1, 0.15) is 18.9 Å². The van der Waals surface area contributed by atoms with Gasteiger partial charge in [0.25, 0.3) is 0 Å². The summed E-state index contributed by atoms with van der Waals surface area (Å²) >= 11 is 39.4. The summed E-state index contributed by atoms with van der Waals surface area (Å²) in [6.07, 6.45) is -0.0297. The van der Waals surface area contributed by atoms with Gasteiger partial charge >= 0.3 is 5.97 Å². The van der Waals surface area contributed by atoms with Gasteiger partial charge in [-0.2, -0.15) is 0 Å². The van der Waals surface area contributed by atoms with Crippen LogP contribution in [-0.4, -0.2) is 50.9 Å². The lowest BCUT2D eigenvalue weighted by Gasteiger charge is -2.34. The van der Waals surface area contributed by atoms with Crippen LogP contribution < -0.4 is 19.3 Å². The topological polar surface area (TPSA) is 93.2 Å². The minimum Gasteiger partial charge on any atom is -0.492 e. The van der Waals surface area contributed by atoms with Crippen molar-refractivity contribution in [2.24, 2.45) is 17.8 Å². The molecule has 8 nitrogen and oxygen atoms in total. The van der Waals surface area contributed by atoms with E-state index in [9.17, 15) is 19.2 Å². The number of anilines is 2. The second kappa shape index (κ2) is 10.4. The van der Waals surface area contributed by atoms with Crippen molar-refractivity contribution in [3.8, 4) is 11.5 Å². The number of allylic oxidation sites excluding steroid dienone is 2. The summed E-state index contributed by atoms with van der Waals surface area (Å²) in [4.78, 5) is 51.9. The van der Waals surface area contributed by atoms with Crippen molar-refractivity contribution in [3.05, 3.63) is 58.1 Å². The minimum atomic E-state index is -2.03. The summed E-state index contributed by atoms with van der Waals surface area (Å²) in [6, 6.07) is 11.5. The third-order valence-corrected chi connectivity index (χ3v) is 12.7. The smallest absolute Gasteiger partial charge is 0.316 e. The number of esters is 1. The Kier molecular flexibility index (Phi) is 7.47. The number of aryl methyl sites for hydroxylation is 1. The Labute approximate surface area is 276 Å². The standard InChI is InChI=1S/C29H22Cl6N2O6/c1-3-42-18-7-5-4-6-17(18)36-12-14(11-19(36)38)26(41)43-15-8-9-16(13(2)10-15)37-24(39)20-21(25(37)40)28(33)23(31)22(30)27(20,32)29(28,34)35/h4-10,14,20-21H,3,11-12H2,1-2H3/t14-,20-,21-,27-,28-/m1/s1. The molecule has 4 aliphatic rings. The van der Waals surface area contributed by atoms with Crippen molar-refractivity contribution < 1.29 is 28.7 Å². The van der Waals surface area contributed by atoms with E-state index in [4.69, 9.17) is 79.1 Å². The second-order valence-corrected chi connectivity index (χ2v) is 14.0. The van der Waals surface area contributed by atoms with E-state index in [0.29, 0.717) is 23.6 Å². The van der Waals surface area contributed by atoms with Crippen LogP contribution in [0.3, 0.4) is 0 Å². The number of ether oxygens (including phenoxy) is 2. The molecule has 2 aromatic rings. The zero-order valence-corrected chi connectivity index (χ0v) is 27.0. The van der Waals surface area contributed by atoms with Crippen molar-refractivity contribution >= 4 is 105 Å². The molecule has 0 radical (unpaired) electrons. The van der Waals surface area contributed by atoms with Crippen LogP contribution in [0.5, 0.6) is 11.5 Å². The van der Waals surface area contributed by atoms with Crippen molar-refractivity contribution in [1.29, 1.82) is 0 Å². The predicted octanol–water partition coefficient (Wildman–Crippen LogP) is 6.30. The van der Waals surface area contributed by atoms with Gasteiger partial charge in [-0.25, -0.2) is 4.90 Å². The number of hydrogen-bond acceptors (Lipinski definition) is 6. The number of rotatable bonds is 6. The minimum absolute atomic E-state index is 0.0297. The molecular weight excluding hydrogens is 685 g/mol. The Morgan fingerprint density at radius 2 is 1.53 bits per heavy atom.